The van der Waals surface area contributed by atoms with Gasteiger partial charge < -0.3 is 19.5 Å². The van der Waals surface area contributed by atoms with E-state index in [1.807, 2.05) is 0 Å². The van der Waals surface area contributed by atoms with E-state index in [2.05, 4.69) is 9.72 Å². The lowest BCUT2D eigenvalue weighted by atomic mass is 10.2. The third-order valence-corrected chi connectivity index (χ3v) is 3.51. The summed E-state index contributed by atoms with van der Waals surface area (Å²) in [6.07, 6.45) is -4.19. The van der Waals surface area contributed by atoms with Crippen molar-refractivity contribution >= 4 is 5.91 Å². The molecule has 0 unspecified atom stereocenters. The number of aliphatic hydroxyl groups excluding tert-OH is 1. The molecule has 9 heteroatoms. The third kappa shape index (κ3) is 4.55. The summed E-state index contributed by atoms with van der Waals surface area (Å²) in [7, 11) is 1.51. The van der Waals surface area contributed by atoms with E-state index in [-0.39, 0.29) is 30.8 Å². The Balaban J connectivity index is 2.10. The molecule has 2 heterocycles. The predicted molar refractivity (Wildman–Crippen MR) is 73.1 cm³/mol. The summed E-state index contributed by atoms with van der Waals surface area (Å²) in [6, 6.07) is 3.61. The molecule has 0 spiro atoms. The highest BCUT2D eigenvalue weighted by Gasteiger charge is 2.36. The first kappa shape index (κ1) is 17.5. The largest absolute Gasteiger partial charge is 0.468 e. The zero-order valence-electron chi connectivity index (χ0n) is 12.4. The minimum atomic E-state index is -4.48. The number of rotatable bonds is 5. The van der Waals surface area contributed by atoms with Crippen LogP contribution in [-0.2, 0) is 4.74 Å². The van der Waals surface area contributed by atoms with Crippen molar-refractivity contribution in [3.05, 3.63) is 23.9 Å². The molecular formula is C14H17F3N2O4. The number of nitrogens with zero attached hydrogens (tertiary/aromatic N) is 2. The van der Waals surface area contributed by atoms with E-state index in [1.54, 1.807) is 0 Å². The molecule has 1 fully saturated rings. The Hall–Kier alpha value is -1.87. The van der Waals surface area contributed by atoms with Gasteiger partial charge in [-0.3, -0.25) is 4.79 Å². The molecule has 1 saturated heterocycles. The van der Waals surface area contributed by atoms with E-state index in [9.17, 15) is 23.1 Å². The molecule has 1 N–H and O–H groups in total. The van der Waals surface area contributed by atoms with Gasteiger partial charge in [0.15, 0.2) is 6.61 Å². The van der Waals surface area contributed by atoms with Crippen LogP contribution in [0.3, 0.4) is 0 Å². The first-order valence-corrected chi connectivity index (χ1v) is 6.95. The van der Waals surface area contributed by atoms with Gasteiger partial charge in [-0.2, -0.15) is 13.2 Å². The van der Waals surface area contributed by atoms with Gasteiger partial charge in [-0.05, 0) is 12.5 Å². The van der Waals surface area contributed by atoms with Crippen molar-refractivity contribution in [1.82, 2.24) is 9.88 Å². The maximum Gasteiger partial charge on any atom is 0.422 e. The zero-order chi connectivity index (χ0) is 17.0. The Morgan fingerprint density at radius 3 is 2.83 bits per heavy atom. The van der Waals surface area contributed by atoms with Crippen LogP contribution in [0, 0.1) is 0 Å². The van der Waals surface area contributed by atoms with Crippen molar-refractivity contribution in [2.24, 2.45) is 0 Å². The second-order valence-corrected chi connectivity index (χ2v) is 5.15. The normalized spacial score (nSPS) is 21.5. The number of aromatic nitrogens is 1. The molecule has 1 aliphatic heterocycles. The molecule has 2 rings (SSSR count). The predicted octanol–water partition coefficient (Wildman–Crippen LogP) is 1.24. The number of amides is 1. The van der Waals surface area contributed by atoms with E-state index in [1.165, 1.54) is 30.2 Å². The van der Waals surface area contributed by atoms with Crippen LogP contribution in [0.25, 0.3) is 0 Å². The van der Waals surface area contributed by atoms with Crippen LogP contribution in [0.15, 0.2) is 18.2 Å². The van der Waals surface area contributed by atoms with Gasteiger partial charge in [0.25, 0.3) is 5.91 Å². The molecule has 0 aliphatic carbocycles. The van der Waals surface area contributed by atoms with Crippen LogP contribution in [0.4, 0.5) is 13.2 Å². The number of alkyl halides is 3. The first-order valence-electron chi connectivity index (χ1n) is 6.95. The number of halogens is 3. The van der Waals surface area contributed by atoms with Gasteiger partial charge in [0.05, 0.1) is 18.8 Å². The maximum atomic E-state index is 12.5. The minimum absolute atomic E-state index is 0.0418. The highest BCUT2D eigenvalue weighted by molar-refractivity contribution is 5.92. The van der Waals surface area contributed by atoms with Crippen molar-refractivity contribution < 1.29 is 32.5 Å². The van der Waals surface area contributed by atoms with Crippen LogP contribution >= 0.6 is 0 Å². The molecule has 0 bridgehead atoms. The van der Waals surface area contributed by atoms with E-state index >= 15 is 0 Å². The third-order valence-electron chi connectivity index (χ3n) is 3.51. The molecule has 1 amide bonds. The smallest absolute Gasteiger partial charge is 0.422 e. The fraction of sp³-hybridized carbons (Fsp3) is 0.571. The summed E-state index contributed by atoms with van der Waals surface area (Å²) in [5.41, 5.74) is -0.0418. The summed E-state index contributed by atoms with van der Waals surface area (Å²) in [6.45, 7) is -1.42. The highest BCUT2D eigenvalue weighted by atomic mass is 19.4. The Bertz CT molecular complexity index is 553. The topological polar surface area (TPSA) is 71.9 Å². The number of carbonyl (C=O) groups is 1. The maximum absolute atomic E-state index is 12.5. The molecule has 23 heavy (non-hydrogen) atoms. The molecule has 6 nitrogen and oxygen atoms in total. The molecular weight excluding hydrogens is 317 g/mol. The molecule has 128 valence electrons. The van der Waals surface area contributed by atoms with Crippen LogP contribution in [0.5, 0.6) is 5.88 Å². The average Bonchev–Trinajstić information content (AvgIpc) is 2.95. The van der Waals surface area contributed by atoms with Crippen LogP contribution < -0.4 is 4.74 Å². The molecule has 0 saturated carbocycles. The van der Waals surface area contributed by atoms with Gasteiger partial charge >= 0.3 is 6.18 Å². The fourth-order valence-electron chi connectivity index (χ4n) is 2.38. The molecule has 0 radical (unpaired) electrons. The average molecular weight is 334 g/mol. The quantitative estimate of drug-likeness (QED) is 0.877. The minimum Gasteiger partial charge on any atom is -0.468 e. The Kier molecular flexibility index (Phi) is 5.42. The Labute approximate surface area is 130 Å². The van der Waals surface area contributed by atoms with Gasteiger partial charge in [-0.25, -0.2) is 4.98 Å². The lowest BCUT2D eigenvalue weighted by molar-refractivity contribution is -0.154. The zero-order valence-corrected chi connectivity index (χ0v) is 12.4. The van der Waals surface area contributed by atoms with Crippen LogP contribution in [0.2, 0.25) is 0 Å². The van der Waals surface area contributed by atoms with Crippen LogP contribution in [0.1, 0.15) is 16.9 Å². The Morgan fingerprint density at radius 2 is 2.22 bits per heavy atom. The van der Waals surface area contributed by atoms with Crippen molar-refractivity contribution in [3.8, 4) is 5.88 Å². The number of pyridine rings is 1. The SMILES string of the molecule is CO[C@@H]1C[C@@H](CO)N(C(=O)c2cccc(OCC(F)(F)F)n2)C1. The van der Waals surface area contributed by atoms with Gasteiger partial charge in [0.1, 0.15) is 5.69 Å². The standard InChI is InChI=1S/C14H17F3N2O4/c1-22-10-5-9(7-20)19(6-10)13(21)11-3-2-4-12(18-11)23-8-14(15,16)17/h2-4,9-10,20H,5-8H2,1H3/t9-,10+/m0/s1. The number of hydrogen-bond donors (Lipinski definition) is 1. The first-order chi connectivity index (χ1) is 10.8. The highest BCUT2D eigenvalue weighted by Crippen LogP contribution is 2.23. The van der Waals surface area contributed by atoms with Crippen molar-refractivity contribution in [1.29, 1.82) is 0 Å². The van der Waals surface area contributed by atoms with E-state index in [0.717, 1.165) is 0 Å². The second-order valence-electron chi connectivity index (χ2n) is 5.15. The number of likely N-dealkylation sites (tertiary alicyclic amines) is 1. The number of carbonyl (C=O) groups excluding carboxylic acids is 1. The summed E-state index contributed by atoms with van der Waals surface area (Å²) in [5, 5.41) is 9.35. The molecule has 1 aromatic rings. The van der Waals surface area contributed by atoms with E-state index in [0.29, 0.717) is 6.42 Å². The number of ether oxygens (including phenoxy) is 2. The van der Waals surface area contributed by atoms with Gasteiger partial charge in [-0.1, -0.05) is 6.07 Å². The summed E-state index contributed by atoms with van der Waals surface area (Å²) >= 11 is 0. The van der Waals surface area contributed by atoms with Gasteiger partial charge in [0.2, 0.25) is 5.88 Å². The number of aliphatic hydroxyl groups is 1. The van der Waals surface area contributed by atoms with Gasteiger partial charge in [0, 0.05) is 19.7 Å². The van der Waals surface area contributed by atoms with E-state index < -0.39 is 24.7 Å². The van der Waals surface area contributed by atoms with E-state index in [4.69, 9.17) is 4.74 Å². The lowest BCUT2D eigenvalue weighted by Crippen LogP contribution is -2.38. The molecule has 0 aromatic carbocycles. The van der Waals surface area contributed by atoms with Crippen molar-refractivity contribution in [2.45, 2.75) is 24.7 Å². The molecule has 2 atom stereocenters. The monoisotopic (exact) mass is 334 g/mol. The number of hydrogen-bond acceptors (Lipinski definition) is 5. The summed E-state index contributed by atoms with van der Waals surface area (Å²) in [4.78, 5) is 17.7. The molecule has 1 aliphatic rings. The van der Waals surface area contributed by atoms with Crippen molar-refractivity contribution in [2.75, 3.05) is 26.9 Å². The van der Waals surface area contributed by atoms with Gasteiger partial charge in [-0.15, -0.1) is 0 Å². The Morgan fingerprint density at radius 1 is 1.48 bits per heavy atom. The molecule has 1 aromatic heterocycles. The van der Waals surface area contributed by atoms with Crippen molar-refractivity contribution in [3.63, 3.8) is 0 Å². The number of methoxy groups -OCH3 is 1. The second kappa shape index (κ2) is 7.14. The lowest BCUT2D eigenvalue weighted by Gasteiger charge is -2.22. The summed E-state index contributed by atoms with van der Waals surface area (Å²) in [5.74, 6) is -0.766. The fourth-order valence-corrected chi connectivity index (χ4v) is 2.38. The van der Waals surface area contributed by atoms with Crippen LogP contribution in [-0.4, -0.2) is 66.1 Å². The summed E-state index contributed by atoms with van der Waals surface area (Å²) < 4.78 is 46.2.